The van der Waals surface area contributed by atoms with Crippen LogP contribution < -0.4 is 0 Å². The second kappa shape index (κ2) is 2.37. The van der Waals surface area contributed by atoms with Crippen LogP contribution >= 0.6 is 0 Å². The molecule has 0 amide bonds. The molecule has 2 nitrogen and oxygen atoms in total. The number of aryl methyl sites for hydroxylation is 1. The Balaban J connectivity index is 2.42. The predicted molar refractivity (Wildman–Crippen MR) is 53.6 cm³/mol. The van der Waals surface area contributed by atoms with Gasteiger partial charge in [-0.2, -0.15) is 0 Å². The van der Waals surface area contributed by atoms with E-state index in [0.717, 1.165) is 0 Å². The van der Waals surface area contributed by atoms with Gasteiger partial charge in [0.25, 0.3) is 0 Å². The lowest BCUT2D eigenvalue weighted by molar-refractivity contribution is 0.282. The lowest BCUT2D eigenvalue weighted by Gasteiger charge is -2.30. The van der Waals surface area contributed by atoms with Crippen molar-refractivity contribution in [3.8, 4) is 0 Å². The lowest BCUT2D eigenvalue weighted by Crippen LogP contribution is -2.29. The van der Waals surface area contributed by atoms with Gasteiger partial charge in [-0.25, -0.2) is 4.98 Å². The maximum absolute atomic E-state index is 4.48. The van der Waals surface area contributed by atoms with Crippen LogP contribution in [0.15, 0.2) is 12.4 Å². The minimum absolute atomic E-state index is 0.339. The summed E-state index contributed by atoms with van der Waals surface area (Å²) in [5, 5.41) is 0. The van der Waals surface area contributed by atoms with Gasteiger partial charge in [0, 0.05) is 24.9 Å². The third-order valence-electron chi connectivity index (χ3n) is 3.43. The predicted octanol–water partition coefficient (Wildman–Crippen LogP) is 2.50. The van der Waals surface area contributed by atoms with Crippen molar-refractivity contribution in [2.24, 2.45) is 12.5 Å². The summed E-state index contributed by atoms with van der Waals surface area (Å²) in [6.07, 6.45) is 6.53. The number of imidazole rings is 1. The fraction of sp³-hybridized carbons (Fsp3) is 0.727. The van der Waals surface area contributed by atoms with Crippen molar-refractivity contribution in [3.63, 3.8) is 0 Å². The molecule has 0 aromatic carbocycles. The summed E-state index contributed by atoms with van der Waals surface area (Å²) in [6, 6.07) is 0. The second-order valence-electron chi connectivity index (χ2n) is 5.19. The normalized spacial score (nSPS) is 20.3. The van der Waals surface area contributed by atoms with Crippen LogP contribution in [-0.4, -0.2) is 9.55 Å². The van der Waals surface area contributed by atoms with Gasteiger partial charge in [-0.1, -0.05) is 20.8 Å². The van der Waals surface area contributed by atoms with Gasteiger partial charge in [-0.05, 0) is 18.3 Å². The molecule has 1 aliphatic carbocycles. The van der Waals surface area contributed by atoms with E-state index in [1.54, 1.807) is 0 Å². The van der Waals surface area contributed by atoms with Gasteiger partial charge in [0.15, 0.2) is 0 Å². The third-order valence-corrected chi connectivity index (χ3v) is 3.43. The van der Waals surface area contributed by atoms with Crippen LogP contribution in [-0.2, 0) is 12.5 Å². The molecule has 0 unspecified atom stereocenters. The van der Waals surface area contributed by atoms with Crippen molar-refractivity contribution < 1.29 is 0 Å². The van der Waals surface area contributed by atoms with Crippen molar-refractivity contribution in [2.75, 3.05) is 0 Å². The Morgan fingerprint density at radius 2 is 2.00 bits per heavy atom. The number of hydrogen-bond donors (Lipinski definition) is 0. The highest BCUT2D eigenvalue weighted by Crippen LogP contribution is 2.58. The number of rotatable bonds is 1. The van der Waals surface area contributed by atoms with E-state index in [9.17, 15) is 0 Å². The fourth-order valence-corrected chi connectivity index (χ4v) is 2.26. The highest BCUT2D eigenvalue weighted by Gasteiger charge is 2.55. The summed E-state index contributed by atoms with van der Waals surface area (Å²) in [7, 11) is 2.09. The van der Waals surface area contributed by atoms with Crippen molar-refractivity contribution in [1.82, 2.24) is 9.55 Å². The highest BCUT2D eigenvalue weighted by atomic mass is 15.1. The molecule has 1 aliphatic rings. The topological polar surface area (TPSA) is 17.8 Å². The van der Waals surface area contributed by atoms with E-state index in [4.69, 9.17) is 0 Å². The van der Waals surface area contributed by atoms with E-state index in [1.165, 1.54) is 18.7 Å². The van der Waals surface area contributed by atoms with Gasteiger partial charge in [0.2, 0.25) is 0 Å². The van der Waals surface area contributed by atoms with Gasteiger partial charge in [0.1, 0.15) is 5.82 Å². The summed E-state index contributed by atoms with van der Waals surface area (Å²) in [5.41, 5.74) is 0.692. The molecule has 72 valence electrons. The molecule has 2 rings (SSSR count). The quantitative estimate of drug-likeness (QED) is 0.646. The van der Waals surface area contributed by atoms with Crippen LogP contribution in [0.5, 0.6) is 0 Å². The van der Waals surface area contributed by atoms with E-state index in [1.807, 2.05) is 12.4 Å². The first-order valence-corrected chi connectivity index (χ1v) is 4.95. The molecule has 0 bridgehead atoms. The molecule has 0 aliphatic heterocycles. The average molecular weight is 178 g/mol. The van der Waals surface area contributed by atoms with E-state index in [0.29, 0.717) is 10.8 Å². The Morgan fingerprint density at radius 3 is 2.31 bits per heavy atom. The Morgan fingerprint density at radius 1 is 1.38 bits per heavy atom. The first-order chi connectivity index (χ1) is 5.97. The molecule has 0 spiro atoms. The molecule has 1 heterocycles. The standard InChI is InChI=1S/C11H18N2/c1-10(2,3)11(5-6-11)9-12-7-8-13(9)4/h7-8H,5-6H2,1-4H3. The fourth-order valence-electron chi connectivity index (χ4n) is 2.26. The maximum Gasteiger partial charge on any atom is 0.115 e. The molecule has 1 aromatic rings. The molecule has 1 saturated carbocycles. The second-order valence-corrected chi connectivity index (χ2v) is 5.19. The summed E-state index contributed by atoms with van der Waals surface area (Å²) < 4.78 is 2.16. The first kappa shape index (κ1) is 8.79. The maximum atomic E-state index is 4.48. The number of nitrogens with zero attached hydrogens (tertiary/aromatic N) is 2. The minimum Gasteiger partial charge on any atom is -0.338 e. The molecular weight excluding hydrogens is 160 g/mol. The SMILES string of the molecule is Cn1ccnc1C1(C(C)(C)C)CC1. The molecular formula is C11H18N2. The largest absolute Gasteiger partial charge is 0.338 e. The number of hydrogen-bond acceptors (Lipinski definition) is 1. The molecule has 1 aromatic heterocycles. The molecule has 1 fully saturated rings. The van der Waals surface area contributed by atoms with E-state index < -0.39 is 0 Å². The summed E-state index contributed by atoms with van der Waals surface area (Å²) >= 11 is 0. The lowest BCUT2D eigenvalue weighted by atomic mass is 9.77. The van der Waals surface area contributed by atoms with Crippen LogP contribution in [0.2, 0.25) is 0 Å². The average Bonchev–Trinajstić information content (AvgIpc) is 2.70. The zero-order valence-corrected chi connectivity index (χ0v) is 8.96. The summed E-state index contributed by atoms with van der Waals surface area (Å²) in [4.78, 5) is 4.48. The van der Waals surface area contributed by atoms with Gasteiger partial charge in [0.05, 0.1) is 0 Å². The molecule has 0 atom stereocenters. The Bertz CT molecular complexity index is 313. The van der Waals surface area contributed by atoms with E-state index in [-0.39, 0.29) is 0 Å². The Labute approximate surface area is 80.0 Å². The smallest absolute Gasteiger partial charge is 0.115 e. The van der Waals surface area contributed by atoms with Gasteiger partial charge in [-0.15, -0.1) is 0 Å². The number of aromatic nitrogens is 2. The highest BCUT2D eigenvalue weighted by molar-refractivity contribution is 5.23. The minimum atomic E-state index is 0.339. The first-order valence-electron chi connectivity index (χ1n) is 4.95. The Kier molecular flexibility index (Phi) is 1.60. The monoisotopic (exact) mass is 178 g/mol. The van der Waals surface area contributed by atoms with Crippen LogP contribution in [0.3, 0.4) is 0 Å². The van der Waals surface area contributed by atoms with Crippen LogP contribution in [0, 0.1) is 5.41 Å². The zero-order valence-electron chi connectivity index (χ0n) is 8.96. The molecule has 0 saturated heterocycles. The zero-order chi connectivity index (χ0) is 9.69. The molecule has 2 heteroatoms. The molecule has 13 heavy (non-hydrogen) atoms. The van der Waals surface area contributed by atoms with E-state index >= 15 is 0 Å². The molecule has 0 N–H and O–H groups in total. The van der Waals surface area contributed by atoms with Crippen molar-refractivity contribution in [2.45, 2.75) is 39.0 Å². The van der Waals surface area contributed by atoms with E-state index in [2.05, 4.69) is 37.4 Å². The van der Waals surface area contributed by atoms with Gasteiger partial charge in [-0.3, -0.25) is 0 Å². The van der Waals surface area contributed by atoms with Crippen molar-refractivity contribution in [1.29, 1.82) is 0 Å². The summed E-state index contributed by atoms with van der Waals surface area (Å²) in [5.74, 6) is 1.26. The van der Waals surface area contributed by atoms with Crippen molar-refractivity contribution >= 4 is 0 Å². The summed E-state index contributed by atoms with van der Waals surface area (Å²) in [6.45, 7) is 6.94. The van der Waals surface area contributed by atoms with Crippen LogP contribution in [0.4, 0.5) is 0 Å². The van der Waals surface area contributed by atoms with Crippen molar-refractivity contribution in [3.05, 3.63) is 18.2 Å². The van der Waals surface area contributed by atoms with Crippen LogP contribution in [0.1, 0.15) is 39.4 Å². The van der Waals surface area contributed by atoms with Gasteiger partial charge >= 0.3 is 0 Å². The third kappa shape index (κ3) is 1.11. The molecule has 0 radical (unpaired) electrons. The van der Waals surface area contributed by atoms with Gasteiger partial charge < -0.3 is 4.57 Å². The van der Waals surface area contributed by atoms with Crippen LogP contribution in [0.25, 0.3) is 0 Å². The Hall–Kier alpha value is -0.790.